The molecule has 140 valence electrons. The quantitative estimate of drug-likeness (QED) is 0.623. The van der Waals surface area contributed by atoms with Crippen LogP contribution < -0.4 is 26.2 Å². The first-order chi connectivity index (χ1) is 12.5. The van der Waals surface area contributed by atoms with Crippen LogP contribution >= 0.6 is 0 Å². The normalized spacial score (nSPS) is 21.8. The summed E-state index contributed by atoms with van der Waals surface area (Å²) in [4.78, 5) is 30.5. The van der Waals surface area contributed by atoms with E-state index >= 15 is 0 Å². The van der Waals surface area contributed by atoms with Crippen molar-refractivity contribution in [2.45, 2.75) is 31.2 Å². The summed E-state index contributed by atoms with van der Waals surface area (Å²) >= 11 is 0. The summed E-state index contributed by atoms with van der Waals surface area (Å²) in [7, 11) is 3.93. The van der Waals surface area contributed by atoms with E-state index in [1.54, 1.807) is 0 Å². The second-order valence-electron chi connectivity index (χ2n) is 7.39. The first-order valence-corrected chi connectivity index (χ1v) is 9.18. The maximum Gasteiger partial charge on any atom is 0.254 e. The van der Waals surface area contributed by atoms with Crippen molar-refractivity contribution in [2.24, 2.45) is 10.7 Å². The van der Waals surface area contributed by atoms with Gasteiger partial charge in [-0.05, 0) is 25.8 Å². The van der Waals surface area contributed by atoms with E-state index in [9.17, 15) is 4.79 Å². The van der Waals surface area contributed by atoms with Gasteiger partial charge in [0.25, 0.3) is 5.91 Å². The lowest BCUT2D eigenvalue weighted by molar-refractivity contribution is -0.124. The number of guanidine groups is 1. The highest BCUT2D eigenvalue weighted by atomic mass is 16.2. The molecule has 4 N–H and O–H groups in total. The fourth-order valence-corrected chi connectivity index (χ4v) is 3.94. The van der Waals surface area contributed by atoms with Crippen LogP contribution in [-0.4, -0.2) is 67.6 Å². The Balaban J connectivity index is 1.64. The van der Waals surface area contributed by atoms with Crippen molar-refractivity contribution in [1.29, 1.82) is 0 Å². The van der Waals surface area contributed by atoms with Crippen LogP contribution in [0.2, 0.25) is 0 Å². The van der Waals surface area contributed by atoms with Gasteiger partial charge in [0.15, 0.2) is 5.96 Å². The summed E-state index contributed by atoms with van der Waals surface area (Å²) in [6.45, 7) is 3.33. The van der Waals surface area contributed by atoms with Crippen LogP contribution in [0.15, 0.2) is 4.99 Å². The Morgan fingerprint density at radius 3 is 2.54 bits per heavy atom. The number of nitrogens with two attached hydrogens (primary N) is 1. The van der Waals surface area contributed by atoms with Gasteiger partial charge in [0.1, 0.15) is 11.4 Å². The molecule has 0 aromatic carbocycles. The lowest BCUT2D eigenvalue weighted by atomic mass is 9.88. The number of carbonyl (C=O) groups excluding carboxylic acids is 1. The van der Waals surface area contributed by atoms with Crippen molar-refractivity contribution >= 4 is 23.6 Å². The summed E-state index contributed by atoms with van der Waals surface area (Å²) in [6.07, 6.45) is 3.13. The van der Waals surface area contributed by atoms with Crippen molar-refractivity contribution in [3.05, 3.63) is 11.3 Å². The van der Waals surface area contributed by atoms with Crippen molar-refractivity contribution in [2.75, 3.05) is 50.1 Å². The zero-order valence-corrected chi connectivity index (χ0v) is 15.4. The zero-order chi connectivity index (χ0) is 18.3. The van der Waals surface area contributed by atoms with Crippen molar-refractivity contribution in [3.63, 3.8) is 0 Å². The number of rotatable bonds is 2. The molecule has 1 saturated heterocycles. The van der Waals surface area contributed by atoms with Gasteiger partial charge in [-0.15, -0.1) is 0 Å². The Labute approximate surface area is 153 Å². The van der Waals surface area contributed by atoms with Gasteiger partial charge < -0.3 is 20.9 Å². The minimum absolute atomic E-state index is 0.0747. The lowest BCUT2D eigenvalue weighted by Gasteiger charge is -2.37. The van der Waals surface area contributed by atoms with E-state index < -0.39 is 5.54 Å². The number of fused-ring (bicyclic) bond motifs is 1. The molecular weight excluding hydrogens is 332 g/mol. The molecule has 0 bridgehead atoms. The van der Waals surface area contributed by atoms with Crippen LogP contribution in [0, 0.1) is 0 Å². The summed E-state index contributed by atoms with van der Waals surface area (Å²) in [6, 6.07) is 0. The minimum atomic E-state index is -0.698. The number of anilines is 2. The number of nitrogens with one attached hydrogen (secondary N) is 2. The van der Waals surface area contributed by atoms with Crippen LogP contribution in [0.1, 0.15) is 24.1 Å². The molecule has 0 unspecified atom stereocenters. The average Bonchev–Trinajstić information content (AvgIpc) is 2.79. The second kappa shape index (κ2) is 6.39. The Morgan fingerprint density at radius 2 is 1.88 bits per heavy atom. The highest BCUT2D eigenvalue weighted by Gasteiger charge is 2.45. The van der Waals surface area contributed by atoms with E-state index in [1.807, 2.05) is 19.0 Å². The Kier molecular flexibility index (Phi) is 4.18. The molecule has 1 fully saturated rings. The van der Waals surface area contributed by atoms with Gasteiger partial charge >= 0.3 is 0 Å². The molecule has 3 aliphatic rings. The second-order valence-corrected chi connectivity index (χ2v) is 7.39. The maximum atomic E-state index is 12.3. The summed E-state index contributed by atoms with van der Waals surface area (Å²) in [5.74, 6) is 1.91. The van der Waals surface area contributed by atoms with Crippen LogP contribution in [0.4, 0.5) is 11.8 Å². The molecule has 1 amide bonds. The van der Waals surface area contributed by atoms with Gasteiger partial charge in [-0.25, -0.2) is 9.98 Å². The molecule has 0 atom stereocenters. The van der Waals surface area contributed by atoms with E-state index in [4.69, 9.17) is 15.7 Å². The van der Waals surface area contributed by atoms with Crippen LogP contribution in [0.3, 0.4) is 0 Å². The SMILES string of the molecule is CN(C)c1nc2c(c(N3CCC4(CC3)N=C(N)NC4=O)n1)CCNCC2. The maximum absolute atomic E-state index is 12.3. The van der Waals surface area contributed by atoms with Crippen molar-refractivity contribution < 1.29 is 4.79 Å². The van der Waals surface area contributed by atoms with Gasteiger partial charge in [0, 0.05) is 45.7 Å². The number of hydrogen-bond donors (Lipinski definition) is 3. The van der Waals surface area contributed by atoms with Crippen LogP contribution in [-0.2, 0) is 17.6 Å². The third kappa shape index (κ3) is 2.86. The van der Waals surface area contributed by atoms with E-state index in [2.05, 4.69) is 20.5 Å². The molecule has 0 aliphatic carbocycles. The molecule has 4 heterocycles. The first-order valence-electron chi connectivity index (χ1n) is 9.18. The molecule has 9 heteroatoms. The fraction of sp³-hybridized carbons (Fsp3) is 0.647. The minimum Gasteiger partial charge on any atom is -0.370 e. The fourth-order valence-electron chi connectivity index (χ4n) is 3.94. The Morgan fingerprint density at radius 1 is 1.15 bits per heavy atom. The number of piperidine rings is 1. The van der Waals surface area contributed by atoms with Gasteiger partial charge in [0.2, 0.25) is 5.95 Å². The standard InChI is InChI=1S/C17H26N8O/c1-24(2)16-20-12-4-8-19-7-3-11(12)13(21-16)25-9-5-17(6-10-25)14(26)22-15(18)23-17/h19H,3-10H2,1-2H3,(H3,18,22,23,26). The topological polar surface area (TPSA) is 112 Å². The molecule has 1 spiro atoms. The average molecular weight is 358 g/mol. The number of aliphatic imine (C=N–C) groups is 1. The summed E-state index contributed by atoms with van der Waals surface area (Å²) < 4.78 is 0. The van der Waals surface area contributed by atoms with Gasteiger partial charge in [-0.2, -0.15) is 4.98 Å². The number of hydrogen-bond acceptors (Lipinski definition) is 8. The Bertz CT molecular complexity index is 751. The molecule has 4 rings (SSSR count). The van der Waals surface area contributed by atoms with Gasteiger partial charge in [0.05, 0.1) is 5.69 Å². The van der Waals surface area contributed by atoms with Gasteiger partial charge in [-0.1, -0.05) is 0 Å². The van der Waals surface area contributed by atoms with E-state index in [0.29, 0.717) is 12.8 Å². The van der Waals surface area contributed by atoms with Crippen molar-refractivity contribution in [3.8, 4) is 0 Å². The third-order valence-corrected chi connectivity index (χ3v) is 5.44. The molecule has 9 nitrogen and oxygen atoms in total. The highest BCUT2D eigenvalue weighted by molar-refractivity contribution is 6.06. The molecule has 1 aromatic heterocycles. The predicted molar refractivity (Wildman–Crippen MR) is 101 cm³/mol. The molecule has 26 heavy (non-hydrogen) atoms. The highest BCUT2D eigenvalue weighted by Crippen LogP contribution is 2.34. The zero-order valence-electron chi connectivity index (χ0n) is 15.4. The number of aromatic nitrogens is 2. The molecule has 1 aromatic rings. The Hall–Kier alpha value is -2.42. The van der Waals surface area contributed by atoms with Crippen molar-refractivity contribution in [1.82, 2.24) is 20.6 Å². The number of carbonyl (C=O) groups is 1. The largest absolute Gasteiger partial charge is 0.370 e. The number of nitrogens with zero attached hydrogens (tertiary/aromatic N) is 5. The summed E-state index contributed by atoms with van der Waals surface area (Å²) in [5, 5.41) is 6.08. The third-order valence-electron chi connectivity index (χ3n) is 5.44. The molecule has 3 aliphatic heterocycles. The van der Waals surface area contributed by atoms with Crippen LogP contribution in [0.25, 0.3) is 0 Å². The molecular formula is C17H26N8O. The lowest BCUT2D eigenvalue weighted by Crippen LogP contribution is -2.49. The molecule has 0 saturated carbocycles. The number of amides is 1. The monoisotopic (exact) mass is 358 g/mol. The van der Waals surface area contributed by atoms with Crippen LogP contribution in [0.5, 0.6) is 0 Å². The van der Waals surface area contributed by atoms with E-state index in [0.717, 1.165) is 56.5 Å². The molecule has 0 radical (unpaired) electrons. The predicted octanol–water partition coefficient (Wildman–Crippen LogP) is -0.986. The van der Waals surface area contributed by atoms with Gasteiger partial charge in [-0.3, -0.25) is 10.1 Å². The van der Waals surface area contributed by atoms with E-state index in [1.165, 1.54) is 5.56 Å². The summed E-state index contributed by atoms with van der Waals surface area (Å²) in [5.41, 5.74) is 7.37. The smallest absolute Gasteiger partial charge is 0.254 e. The van der Waals surface area contributed by atoms with E-state index in [-0.39, 0.29) is 11.9 Å². The first kappa shape index (κ1) is 17.0.